The molecule has 3 nitrogen and oxygen atoms in total. The quantitative estimate of drug-likeness (QED) is 0.691. The third-order valence-electron chi connectivity index (χ3n) is 2.48. The SMILES string of the molecule is Fc1cccc(-c2ccc3n[nH]c(I)c3n2)c1. The molecule has 2 heterocycles. The van der Waals surface area contributed by atoms with Crippen molar-refractivity contribution in [2.45, 2.75) is 0 Å². The van der Waals surface area contributed by atoms with E-state index in [1.165, 1.54) is 12.1 Å². The normalized spacial score (nSPS) is 10.9. The number of aromatic amines is 1. The summed E-state index contributed by atoms with van der Waals surface area (Å²) in [5, 5.41) is 6.97. The van der Waals surface area contributed by atoms with E-state index in [1.807, 2.05) is 18.2 Å². The van der Waals surface area contributed by atoms with E-state index in [4.69, 9.17) is 0 Å². The minimum atomic E-state index is -0.258. The maximum atomic E-state index is 13.1. The van der Waals surface area contributed by atoms with E-state index in [0.29, 0.717) is 0 Å². The number of hydrogen-bond acceptors (Lipinski definition) is 2. The van der Waals surface area contributed by atoms with Crippen molar-refractivity contribution in [2.24, 2.45) is 0 Å². The summed E-state index contributed by atoms with van der Waals surface area (Å²) in [6, 6.07) is 10.1. The van der Waals surface area contributed by atoms with Crippen molar-refractivity contribution in [3.8, 4) is 11.3 Å². The Hall–Kier alpha value is -1.50. The summed E-state index contributed by atoms with van der Waals surface area (Å²) in [5.74, 6) is -0.258. The molecule has 0 amide bonds. The fourth-order valence-electron chi connectivity index (χ4n) is 1.67. The lowest BCUT2D eigenvalue weighted by Gasteiger charge is -2.00. The summed E-state index contributed by atoms with van der Waals surface area (Å²) < 4.78 is 14.0. The first-order valence-corrected chi connectivity index (χ1v) is 6.08. The van der Waals surface area contributed by atoms with E-state index in [1.54, 1.807) is 6.07 Å². The summed E-state index contributed by atoms with van der Waals surface area (Å²) in [4.78, 5) is 4.48. The number of benzene rings is 1. The summed E-state index contributed by atoms with van der Waals surface area (Å²) in [5.41, 5.74) is 3.14. The van der Waals surface area contributed by atoms with E-state index in [2.05, 4.69) is 37.8 Å². The lowest BCUT2D eigenvalue weighted by atomic mass is 10.1. The van der Waals surface area contributed by atoms with Gasteiger partial charge in [-0.25, -0.2) is 9.37 Å². The van der Waals surface area contributed by atoms with E-state index in [9.17, 15) is 4.39 Å². The molecular formula is C12H7FIN3. The van der Waals surface area contributed by atoms with Crippen LogP contribution < -0.4 is 0 Å². The van der Waals surface area contributed by atoms with Gasteiger partial charge in [-0.3, -0.25) is 5.10 Å². The zero-order chi connectivity index (χ0) is 11.8. The van der Waals surface area contributed by atoms with Gasteiger partial charge in [-0.15, -0.1) is 0 Å². The fourth-order valence-corrected chi connectivity index (χ4v) is 2.19. The first kappa shape index (κ1) is 10.6. The monoisotopic (exact) mass is 339 g/mol. The Bertz CT molecular complexity index is 693. The molecule has 0 fully saturated rings. The zero-order valence-electron chi connectivity index (χ0n) is 8.61. The number of halogens is 2. The minimum absolute atomic E-state index is 0.258. The van der Waals surface area contributed by atoms with Crippen LogP contribution in [0.4, 0.5) is 4.39 Å². The largest absolute Gasteiger partial charge is 0.269 e. The predicted molar refractivity (Wildman–Crippen MR) is 72.0 cm³/mol. The van der Waals surface area contributed by atoms with Crippen molar-refractivity contribution in [3.63, 3.8) is 0 Å². The molecule has 0 aliphatic carbocycles. The van der Waals surface area contributed by atoms with Gasteiger partial charge < -0.3 is 0 Å². The Morgan fingerprint density at radius 2 is 2.06 bits per heavy atom. The molecule has 0 aliphatic rings. The van der Waals surface area contributed by atoms with Gasteiger partial charge in [0.15, 0.2) is 0 Å². The molecule has 0 atom stereocenters. The van der Waals surface area contributed by atoms with Crippen LogP contribution in [0.5, 0.6) is 0 Å². The molecule has 0 saturated carbocycles. The first-order valence-electron chi connectivity index (χ1n) is 5.00. The van der Waals surface area contributed by atoms with Crippen LogP contribution in [-0.2, 0) is 0 Å². The van der Waals surface area contributed by atoms with Crippen molar-refractivity contribution in [1.82, 2.24) is 15.2 Å². The topological polar surface area (TPSA) is 41.6 Å². The molecule has 0 saturated heterocycles. The number of pyridine rings is 1. The number of aromatic nitrogens is 3. The second-order valence-corrected chi connectivity index (χ2v) is 4.69. The number of rotatable bonds is 1. The second-order valence-electron chi connectivity index (χ2n) is 3.61. The van der Waals surface area contributed by atoms with E-state index >= 15 is 0 Å². The number of hydrogen-bond donors (Lipinski definition) is 1. The van der Waals surface area contributed by atoms with Gasteiger partial charge in [0.2, 0.25) is 0 Å². The number of H-pyrrole nitrogens is 1. The van der Waals surface area contributed by atoms with Crippen LogP contribution >= 0.6 is 22.6 Å². The smallest absolute Gasteiger partial charge is 0.123 e. The Morgan fingerprint density at radius 1 is 1.18 bits per heavy atom. The van der Waals surface area contributed by atoms with Crippen LogP contribution in [0.3, 0.4) is 0 Å². The second kappa shape index (κ2) is 4.06. The molecule has 0 aliphatic heterocycles. The predicted octanol–water partition coefficient (Wildman–Crippen LogP) is 3.37. The average Bonchev–Trinajstić information content (AvgIpc) is 2.71. The zero-order valence-corrected chi connectivity index (χ0v) is 10.8. The molecule has 1 aromatic carbocycles. The highest BCUT2D eigenvalue weighted by Gasteiger charge is 2.07. The minimum Gasteiger partial charge on any atom is -0.269 e. The summed E-state index contributed by atoms with van der Waals surface area (Å²) >= 11 is 2.14. The molecule has 0 radical (unpaired) electrons. The molecule has 2 aromatic heterocycles. The molecular weight excluding hydrogens is 332 g/mol. The molecule has 3 aromatic rings. The number of fused-ring (bicyclic) bond motifs is 1. The Balaban J connectivity index is 2.20. The third kappa shape index (κ3) is 1.90. The Labute approximate surface area is 110 Å². The molecule has 0 unspecified atom stereocenters. The van der Waals surface area contributed by atoms with Crippen LogP contribution in [0.2, 0.25) is 0 Å². The van der Waals surface area contributed by atoms with Gasteiger partial charge >= 0.3 is 0 Å². The lowest BCUT2D eigenvalue weighted by Crippen LogP contribution is -1.85. The van der Waals surface area contributed by atoms with Crippen LogP contribution in [0.15, 0.2) is 36.4 Å². The van der Waals surface area contributed by atoms with Gasteiger partial charge in [-0.1, -0.05) is 12.1 Å². The van der Waals surface area contributed by atoms with Crippen LogP contribution in [0.1, 0.15) is 0 Å². The van der Waals surface area contributed by atoms with Gasteiger partial charge in [0.05, 0.1) is 5.69 Å². The van der Waals surface area contributed by atoms with Gasteiger partial charge in [0.1, 0.15) is 20.6 Å². The maximum absolute atomic E-state index is 13.1. The van der Waals surface area contributed by atoms with Crippen molar-refractivity contribution in [2.75, 3.05) is 0 Å². The molecule has 0 spiro atoms. The van der Waals surface area contributed by atoms with Crippen LogP contribution in [0.25, 0.3) is 22.3 Å². The highest BCUT2D eigenvalue weighted by Crippen LogP contribution is 2.22. The highest BCUT2D eigenvalue weighted by atomic mass is 127. The van der Waals surface area contributed by atoms with Crippen molar-refractivity contribution >= 4 is 33.6 Å². The summed E-state index contributed by atoms with van der Waals surface area (Å²) in [7, 11) is 0. The average molecular weight is 339 g/mol. The molecule has 5 heteroatoms. The molecule has 3 rings (SSSR count). The summed E-state index contributed by atoms with van der Waals surface area (Å²) in [6.45, 7) is 0. The van der Waals surface area contributed by atoms with Gasteiger partial charge in [-0.05, 0) is 46.9 Å². The van der Waals surface area contributed by atoms with Gasteiger partial charge in [0.25, 0.3) is 0 Å². The van der Waals surface area contributed by atoms with Crippen molar-refractivity contribution < 1.29 is 4.39 Å². The van der Waals surface area contributed by atoms with Gasteiger partial charge in [0, 0.05) is 5.56 Å². The molecule has 84 valence electrons. The van der Waals surface area contributed by atoms with Crippen LogP contribution in [-0.4, -0.2) is 15.2 Å². The Morgan fingerprint density at radius 3 is 2.88 bits per heavy atom. The molecule has 1 N–H and O–H groups in total. The summed E-state index contributed by atoms with van der Waals surface area (Å²) in [6.07, 6.45) is 0. The van der Waals surface area contributed by atoms with Crippen molar-refractivity contribution in [1.29, 1.82) is 0 Å². The van der Waals surface area contributed by atoms with E-state index in [0.717, 1.165) is 26.0 Å². The Kier molecular flexibility index (Phi) is 2.54. The highest BCUT2D eigenvalue weighted by molar-refractivity contribution is 14.1. The third-order valence-corrected chi connectivity index (χ3v) is 3.23. The van der Waals surface area contributed by atoms with Crippen LogP contribution in [0, 0.1) is 9.52 Å². The maximum Gasteiger partial charge on any atom is 0.123 e. The fraction of sp³-hybridized carbons (Fsp3) is 0. The first-order chi connectivity index (χ1) is 8.24. The van der Waals surface area contributed by atoms with Crippen molar-refractivity contribution in [3.05, 3.63) is 45.9 Å². The lowest BCUT2D eigenvalue weighted by molar-refractivity contribution is 0.628. The number of nitrogens with zero attached hydrogens (tertiary/aromatic N) is 2. The standard InChI is InChI=1S/C12H7FIN3/c13-8-3-1-2-7(6-8)9-4-5-10-11(15-9)12(14)17-16-10/h1-6H,(H,16,17). The van der Waals surface area contributed by atoms with E-state index < -0.39 is 0 Å². The van der Waals surface area contributed by atoms with E-state index in [-0.39, 0.29) is 5.82 Å². The number of nitrogens with one attached hydrogen (secondary N) is 1. The molecule has 0 bridgehead atoms. The van der Waals surface area contributed by atoms with Gasteiger partial charge in [-0.2, -0.15) is 5.10 Å². The molecule has 17 heavy (non-hydrogen) atoms.